The third-order valence-corrected chi connectivity index (χ3v) is 4.82. The summed E-state index contributed by atoms with van der Waals surface area (Å²) in [6, 6.07) is 8.30. The molecule has 1 aliphatic heterocycles. The van der Waals surface area contributed by atoms with E-state index in [1.54, 1.807) is 30.3 Å². The van der Waals surface area contributed by atoms with Crippen molar-refractivity contribution in [1.29, 1.82) is 0 Å². The minimum absolute atomic E-state index is 0.0916. The zero-order valence-electron chi connectivity index (χ0n) is 10.5. The predicted molar refractivity (Wildman–Crippen MR) is 70.2 cm³/mol. The van der Waals surface area contributed by atoms with Crippen LogP contribution in [0, 0.1) is 0 Å². The number of alkyl halides is 3. The monoisotopic (exact) mass is 305 g/mol. The summed E-state index contributed by atoms with van der Waals surface area (Å²) in [5.41, 5.74) is -4.42. The number of halogens is 3. The quantitative estimate of drug-likeness (QED) is 0.861. The maximum absolute atomic E-state index is 12.6. The van der Waals surface area contributed by atoms with E-state index in [2.05, 4.69) is 0 Å². The highest BCUT2D eigenvalue weighted by atomic mass is 32.2. The van der Waals surface area contributed by atoms with Crippen LogP contribution in [-0.4, -0.2) is 30.8 Å². The molecular formula is C13H14F3NO2S. The van der Waals surface area contributed by atoms with E-state index in [0.29, 0.717) is 17.1 Å². The smallest absolute Gasteiger partial charge is 0.203 e. The Morgan fingerprint density at radius 3 is 2.45 bits per heavy atom. The van der Waals surface area contributed by atoms with Gasteiger partial charge in [0.15, 0.2) is 0 Å². The number of hydrogen-bond donors (Lipinski definition) is 0. The van der Waals surface area contributed by atoms with E-state index < -0.39 is 21.6 Å². The zero-order valence-corrected chi connectivity index (χ0v) is 11.4. The number of benzene rings is 1. The van der Waals surface area contributed by atoms with Crippen LogP contribution in [0.4, 0.5) is 13.2 Å². The fourth-order valence-electron chi connectivity index (χ4n) is 2.18. The fourth-order valence-corrected chi connectivity index (χ4v) is 3.34. The average molecular weight is 305 g/mol. The molecular weight excluding hydrogens is 291 g/mol. The van der Waals surface area contributed by atoms with Gasteiger partial charge in [-0.15, -0.1) is 0 Å². The van der Waals surface area contributed by atoms with Gasteiger partial charge >= 0.3 is 15.5 Å². The van der Waals surface area contributed by atoms with E-state index in [9.17, 15) is 21.6 Å². The molecule has 7 heteroatoms. The van der Waals surface area contributed by atoms with Crippen molar-refractivity contribution in [3.63, 3.8) is 0 Å². The molecule has 0 bridgehead atoms. The van der Waals surface area contributed by atoms with Crippen LogP contribution in [0.5, 0.6) is 0 Å². The van der Waals surface area contributed by atoms with Crippen LogP contribution in [-0.2, 0) is 10.0 Å². The Kier molecular flexibility index (Phi) is 4.19. The summed E-state index contributed by atoms with van der Waals surface area (Å²) >= 11 is 0. The molecule has 110 valence electrons. The fraction of sp³-hybridized carbons (Fsp3) is 0.385. The topological polar surface area (TPSA) is 37.4 Å². The summed E-state index contributed by atoms with van der Waals surface area (Å²) in [6.45, 7) is -0.0916. The molecule has 0 aliphatic carbocycles. The minimum Gasteiger partial charge on any atom is -0.203 e. The minimum atomic E-state index is -5.25. The summed E-state index contributed by atoms with van der Waals surface area (Å²) in [6.07, 6.45) is 4.00. The number of hydrogen-bond acceptors (Lipinski definition) is 2. The third-order valence-electron chi connectivity index (χ3n) is 3.16. The number of sulfonamides is 1. The molecule has 0 amide bonds. The van der Waals surface area contributed by atoms with Gasteiger partial charge in [-0.25, -0.2) is 8.42 Å². The van der Waals surface area contributed by atoms with E-state index in [-0.39, 0.29) is 6.54 Å². The molecule has 1 aromatic carbocycles. The Bertz CT molecular complexity index is 581. The summed E-state index contributed by atoms with van der Waals surface area (Å²) in [4.78, 5) is 0. The maximum atomic E-state index is 12.6. The first-order chi connectivity index (χ1) is 9.32. The van der Waals surface area contributed by atoms with Crippen LogP contribution in [0.1, 0.15) is 18.4 Å². The number of nitrogens with zero attached hydrogens (tertiary/aromatic N) is 1. The van der Waals surface area contributed by atoms with Crippen molar-refractivity contribution >= 4 is 16.1 Å². The van der Waals surface area contributed by atoms with Crippen molar-refractivity contribution in [3.8, 4) is 0 Å². The second-order valence-electron chi connectivity index (χ2n) is 4.54. The zero-order chi connectivity index (χ0) is 14.8. The lowest BCUT2D eigenvalue weighted by Crippen LogP contribution is -2.42. The first kappa shape index (κ1) is 15.1. The van der Waals surface area contributed by atoms with Crippen molar-refractivity contribution in [2.75, 3.05) is 6.54 Å². The van der Waals surface area contributed by atoms with E-state index in [0.717, 1.165) is 5.56 Å². The van der Waals surface area contributed by atoms with Gasteiger partial charge in [0.1, 0.15) is 0 Å². The normalized spacial score (nSPS) is 21.6. The first-order valence-corrected chi connectivity index (χ1v) is 7.58. The molecule has 0 unspecified atom stereocenters. The Morgan fingerprint density at radius 2 is 1.85 bits per heavy atom. The lowest BCUT2D eigenvalue weighted by atomic mass is 10.1. The van der Waals surface area contributed by atoms with Gasteiger partial charge in [-0.2, -0.15) is 17.5 Å². The number of rotatable bonds is 3. The second kappa shape index (κ2) is 5.57. The van der Waals surface area contributed by atoms with E-state index >= 15 is 0 Å². The van der Waals surface area contributed by atoms with Crippen molar-refractivity contribution in [3.05, 3.63) is 42.0 Å². The molecule has 0 spiro atoms. The summed E-state index contributed by atoms with van der Waals surface area (Å²) in [7, 11) is -5.25. The van der Waals surface area contributed by atoms with Gasteiger partial charge in [-0.1, -0.05) is 42.5 Å². The van der Waals surface area contributed by atoms with Crippen LogP contribution in [0.2, 0.25) is 0 Å². The SMILES string of the molecule is O=S(=O)(N1CCC[C@H]1/C=C/c1ccccc1)C(F)(F)F. The van der Waals surface area contributed by atoms with Crippen molar-refractivity contribution < 1.29 is 21.6 Å². The Balaban J connectivity index is 2.19. The molecule has 0 saturated carbocycles. The third kappa shape index (κ3) is 3.04. The highest BCUT2D eigenvalue weighted by molar-refractivity contribution is 7.90. The van der Waals surface area contributed by atoms with Crippen molar-refractivity contribution in [1.82, 2.24) is 4.31 Å². The molecule has 2 rings (SSSR count). The standard InChI is InChI=1S/C13H14F3NO2S/c14-13(15,16)20(18,19)17-10-4-7-12(17)9-8-11-5-2-1-3-6-11/h1-3,5-6,8-9,12H,4,7,10H2/b9-8+/t12-/m0/s1. The molecule has 1 aliphatic rings. The van der Waals surface area contributed by atoms with Gasteiger partial charge in [0, 0.05) is 12.6 Å². The molecule has 0 radical (unpaired) electrons. The molecule has 1 aromatic rings. The van der Waals surface area contributed by atoms with Crippen LogP contribution in [0.15, 0.2) is 36.4 Å². The van der Waals surface area contributed by atoms with Gasteiger partial charge in [0.05, 0.1) is 0 Å². The molecule has 1 fully saturated rings. The van der Waals surface area contributed by atoms with E-state index in [1.165, 1.54) is 6.08 Å². The largest absolute Gasteiger partial charge is 0.511 e. The van der Waals surface area contributed by atoms with Crippen LogP contribution < -0.4 is 0 Å². The second-order valence-corrected chi connectivity index (χ2v) is 6.42. The van der Waals surface area contributed by atoms with Gasteiger partial charge < -0.3 is 0 Å². The lowest BCUT2D eigenvalue weighted by Gasteiger charge is -2.22. The highest BCUT2D eigenvalue weighted by Gasteiger charge is 2.52. The molecule has 0 aromatic heterocycles. The van der Waals surface area contributed by atoms with Crippen LogP contribution in [0.25, 0.3) is 6.08 Å². The van der Waals surface area contributed by atoms with Gasteiger partial charge in [-0.3, -0.25) is 0 Å². The van der Waals surface area contributed by atoms with E-state index in [4.69, 9.17) is 0 Å². The molecule has 3 nitrogen and oxygen atoms in total. The Morgan fingerprint density at radius 1 is 1.20 bits per heavy atom. The molecule has 1 saturated heterocycles. The van der Waals surface area contributed by atoms with Crippen molar-refractivity contribution in [2.24, 2.45) is 0 Å². The van der Waals surface area contributed by atoms with Gasteiger partial charge in [-0.05, 0) is 18.4 Å². The highest BCUT2D eigenvalue weighted by Crippen LogP contribution is 2.32. The average Bonchev–Trinajstić information content (AvgIpc) is 2.85. The molecule has 20 heavy (non-hydrogen) atoms. The Hall–Kier alpha value is -1.34. The lowest BCUT2D eigenvalue weighted by molar-refractivity contribution is -0.0488. The van der Waals surface area contributed by atoms with Gasteiger partial charge in [0.25, 0.3) is 0 Å². The molecule has 1 heterocycles. The van der Waals surface area contributed by atoms with Gasteiger partial charge in [0.2, 0.25) is 0 Å². The first-order valence-electron chi connectivity index (χ1n) is 6.14. The van der Waals surface area contributed by atoms with E-state index in [1.807, 2.05) is 6.07 Å². The van der Waals surface area contributed by atoms with Crippen LogP contribution in [0.3, 0.4) is 0 Å². The summed E-state index contributed by atoms with van der Waals surface area (Å²) in [5.74, 6) is 0. The molecule has 1 atom stereocenters. The molecule has 0 N–H and O–H groups in total. The van der Waals surface area contributed by atoms with Crippen molar-refractivity contribution in [2.45, 2.75) is 24.4 Å². The predicted octanol–water partition coefficient (Wildman–Crippen LogP) is 3.01. The maximum Gasteiger partial charge on any atom is 0.511 e. The Labute approximate surface area is 115 Å². The summed E-state index contributed by atoms with van der Waals surface area (Å²) in [5, 5.41) is 0. The van der Waals surface area contributed by atoms with Crippen LogP contribution >= 0.6 is 0 Å². The summed E-state index contributed by atoms with van der Waals surface area (Å²) < 4.78 is 61.1.